The Hall–Kier alpha value is -3.22. The lowest BCUT2D eigenvalue weighted by Gasteiger charge is -2.04. The summed E-state index contributed by atoms with van der Waals surface area (Å²) in [6.45, 7) is 8.29. The van der Waals surface area contributed by atoms with Crippen molar-refractivity contribution in [2.75, 3.05) is 6.61 Å². The molecule has 0 unspecified atom stereocenters. The summed E-state index contributed by atoms with van der Waals surface area (Å²) in [4.78, 5) is 15.6. The molecule has 0 amide bonds. The second kappa shape index (κ2) is 14.8. The van der Waals surface area contributed by atoms with Crippen LogP contribution in [0.15, 0.2) is 73.3 Å². The summed E-state index contributed by atoms with van der Waals surface area (Å²) in [5.41, 5.74) is 3.00. The Balaban J connectivity index is 0.000000945. The number of hydrogen-bond acceptors (Lipinski definition) is 4. The number of hydrogen-bond donors (Lipinski definition) is 1. The van der Waals surface area contributed by atoms with E-state index in [2.05, 4.69) is 36.4 Å². The smallest absolute Gasteiger partial charge is 0.328 e. The highest BCUT2D eigenvalue weighted by molar-refractivity contribution is 6.09. The normalized spacial score (nSPS) is 11.7. The largest absolute Gasteiger partial charge is 0.358 e. The molecule has 1 heterocycles. The molecule has 0 spiro atoms. The highest BCUT2D eigenvalue weighted by Gasteiger charge is 2.22. The van der Waals surface area contributed by atoms with Gasteiger partial charge in [0.25, 0.3) is 0 Å². The molecule has 0 saturated heterocycles. The molecule has 6 nitrogen and oxygen atoms in total. The van der Waals surface area contributed by atoms with Crippen molar-refractivity contribution in [3.8, 4) is 0 Å². The van der Waals surface area contributed by atoms with Crippen molar-refractivity contribution in [3.05, 3.63) is 89.0 Å². The second-order valence-corrected chi connectivity index (χ2v) is 8.08. The molecule has 1 aromatic heterocycles. The fraction of sp³-hybridized carbons (Fsp3) is 0.357. The molecule has 0 radical (unpaired) electrons. The van der Waals surface area contributed by atoms with E-state index < -0.39 is 0 Å². The summed E-state index contributed by atoms with van der Waals surface area (Å²) in [6.07, 6.45) is 15.2. The van der Waals surface area contributed by atoms with Gasteiger partial charge in [-0.15, -0.1) is 0 Å². The summed E-state index contributed by atoms with van der Waals surface area (Å²) in [5, 5.41) is 14.0. The van der Waals surface area contributed by atoms with Gasteiger partial charge in [-0.3, -0.25) is 0 Å². The molecule has 2 aromatic carbocycles. The minimum atomic E-state index is -0.330. The van der Waals surface area contributed by atoms with Crippen LogP contribution < -0.4 is 5.90 Å². The van der Waals surface area contributed by atoms with E-state index in [9.17, 15) is 10.1 Å². The fourth-order valence-corrected chi connectivity index (χ4v) is 3.97. The fourth-order valence-electron chi connectivity index (χ4n) is 3.97. The summed E-state index contributed by atoms with van der Waals surface area (Å²) in [6, 6.07) is 14.2. The number of nitro groups is 1. The first-order valence-electron chi connectivity index (χ1n) is 12.1. The summed E-state index contributed by atoms with van der Waals surface area (Å²) < 4.78 is 1.74. The Kier molecular flexibility index (Phi) is 11.8. The van der Waals surface area contributed by atoms with Gasteiger partial charge in [0.1, 0.15) is 11.0 Å². The Bertz CT molecular complexity index is 1130. The molecule has 0 bridgehead atoms. The van der Waals surface area contributed by atoms with Crippen LogP contribution in [0.25, 0.3) is 27.6 Å². The minimum Gasteiger partial charge on any atom is -0.358 e. The topological polar surface area (TPSA) is 83.3 Å². The van der Waals surface area contributed by atoms with E-state index in [4.69, 9.17) is 0 Å². The number of rotatable bonds is 12. The third-order valence-electron chi connectivity index (χ3n) is 5.63. The summed E-state index contributed by atoms with van der Waals surface area (Å²) in [5.74, 6) is 4.56. The molecule has 0 atom stereocenters. The van der Waals surface area contributed by atoms with Crippen LogP contribution in [0.4, 0.5) is 0 Å². The number of fused-ring (bicyclic) bond motifs is 3. The molecule has 0 aliphatic carbocycles. The predicted octanol–water partition coefficient (Wildman–Crippen LogP) is 7.41. The Morgan fingerprint density at radius 3 is 2.38 bits per heavy atom. The first-order valence-corrected chi connectivity index (χ1v) is 12.1. The Morgan fingerprint density at radius 1 is 1.03 bits per heavy atom. The maximum atomic E-state index is 11.9. The number of nitrogens with zero attached hydrogens (tertiary/aromatic N) is 2. The molecule has 3 aromatic rings. The molecule has 0 aliphatic rings. The molecule has 182 valence electrons. The quantitative estimate of drug-likeness (QED) is 0.131. The van der Waals surface area contributed by atoms with Crippen LogP contribution in [0.5, 0.6) is 0 Å². The van der Waals surface area contributed by atoms with Crippen LogP contribution in [0, 0.1) is 10.1 Å². The van der Waals surface area contributed by atoms with Crippen LogP contribution in [0.3, 0.4) is 0 Å². The van der Waals surface area contributed by atoms with Crippen molar-refractivity contribution in [2.45, 2.75) is 58.8 Å². The predicted molar refractivity (Wildman–Crippen MR) is 143 cm³/mol. The van der Waals surface area contributed by atoms with E-state index in [1.54, 1.807) is 22.8 Å². The third kappa shape index (κ3) is 7.40. The van der Waals surface area contributed by atoms with Gasteiger partial charge in [-0.2, -0.15) is 4.57 Å². The van der Waals surface area contributed by atoms with Crippen molar-refractivity contribution in [2.24, 2.45) is 5.90 Å². The highest BCUT2D eigenvalue weighted by atomic mass is 16.6. The lowest BCUT2D eigenvalue weighted by Crippen LogP contribution is -2.06. The van der Waals surface area contributed by atoms with E-state index in [-0.39, 0.29) is 10.7 Å². The minimum absolute atomic E-state index is 0.0305. The number of allylic oxidation sites excluding steroid dienone is 4. The van der Waals surface area contributed by atoms with E-state index in [0.717, 1.165) is 28.2 Å². The maximum absolute atomic E-state index is 11.9. The summed E-state index contributed by atoms with van der Waals surface area (Å²) in [7, 11) is 0. The van der Waals surface area contributed by atoms with Gasteiger partial charge in [0.15, 0.2) is 0 Å². The zero-order valence-electron chi connectivity index (χ0n) is 20.4. The lowest BCUT2D eigenvalue weighted by atomic mass is 10.0. The van der Waals surface area contributed by atoms with Crippen LogP contribution in [-0.2, 0) is 11.3 Å². The second-order valence-electron chi connectivity index (χ2n) is 8.08. The number of aromatic nitrogens is 1. The SMILES string of the molecule is C=C/C=C\C=C(/n1c2ccccc2c2cc(CCCCCCCC)ccc21)[N+](=O)[O-].CCON. The molecular formula is C28H37N3O3. The van der Waals surface area contributed by atoms with Crippen molar-refractivity contribution >= 4 is 27.6 Å². The van der Waals surface area contributed by atoms with Gasteiger partial charge in [0.2, 0.25) is 0 Å². The average molecular weight is 464 g/mol. The average Bonchev–Trinajstić information content (AvgIpc) is 3.17. The number of para-hydroxylation sites is 1. The zero-order chi connectivity index (χ0) is 24.8. The molecule has 6 heteroatoms. The number of nitrogens with two attached hydrogens (primary N) is 1. The van der Waals surface area contributed by atoms with Gasteiger partial charge in [-0.25, -0.2) is 5.90 Å². The van der Waals surface area contributed by atoms with E-state index in [1.807, 2.05) is 37.3 Å². The zero-order valence-corrected chi connectivity index (χ0v) is 20.4. The van der Waals surface area contributed by atoms with E-state index in [0.29, 0.717) is 6.61 Å². The number of aryl methyl sites for hydroxylation is 1. The summed E-state index contributed by atoms with van der Waals surface area (Å²) >= 11 is 0. The molecule has 2 N–H and O–H groups in total. The van der Waals surface area contributed by atoms with Crippen LogP contribution in [-0.4, -0.2) is 16.1 Å². The number of benzene rings is 2. The van der Waals surface area contributed by atoms with Gasteiger partial charge < -0.3 is 15.0 Å². The maximum Gasteiger partial charge on any atom is 0.328 e. The third-order valence-corrected chi connectivity index (χ3v) is 5.63. The Labute approximate surface area is 202 Å². The molecule has 34 heavy (non-hydrogen) atoms. The molecule has 0 aliphatic heterocycles. The van der Waals surface area contributed by atoms with Crippen molar-refractivity contribution in [1.29, 1.82) is 0 Å². The van der Waals surface area contributed by atoms with E-state index >= 15 is 0 Å². The lowest BCUT2D eigenvalue weighted by molar-refractivity contribution is -0.382. The van der Waals surface area contributed by atoms with Crippen LogP contribution >= 0.6 is 0 Å². The Morgan fingerprint density at radius 2 is 1.71 bits per heavy atom. The standard InChI is InChI=1S/C26H30N2O2.C2H7NO/c1-3-5-7-8-9-11-14-21-18-19-25-23(20-21)22-15-12-13-16-24(22)27(25)26(28(29)30)17-10-6-4-2;1-2-4-3/h4,6,10,12-13,15-20H,2-3,5,7-9,11,14H2,1H3;2-3H2,1H3/b10-6-,26-17+;. The van der Waals surface area contributed by atoms with Gasteiger partial charge >= 0.3 is 5.82 Å². The number of unbranched alkanes of at least 4 members (excludes halogenated alkanes) is 5. The van der Waals surface area contributed by atoms with Crippen LogP contribution in [0.1, 0.15) is 57.9 Å². The molecule has 3 rings (SSSR count). The molecule has 0 fully saturated rings. The van der Waals surface area contributed by atoms with Crippen LogP contribution in [0.2, 0.25) is 0 Å². The van der Waals surface area contributed by atoms with Gasteiger partial charge in [-0.05, 0) is 54.5 Å². The monoisotopic (exact) mass is 463 g/mol. The van der Waals surface area contributed by atoms with Gasteiger partial charge in [-0.1, -0.05) is 82.0 Å². The first kappa shape index (κ1) is 27.0. The molecular weight excluding hydrogens is 426 g/mol. The van der Waals surface area contributed by atoms with Gasteiger partial charge in [0.05, 0.1) is 6.61 Å². The molecule has 0 saturated carbocycles. The van der Waals surface area contributed by atoms with Crippen molar-refractivity contribution in [3.63, 3.8) is 0 Å². The van der Waals surface area contributed by atoms with Crippen molar-refractivity contribution in [1.82, 2.24) is 4.57 Å². The highest BCUT2D eigenvalue weighted by Crippen LogP contribution is 2.33. The first-order chi connectivity index (χ1) is 16.6. The van der Waals surface area contributed by atoms with E-state index in [1.165, 1.54) is 50.2 Å². The van der Waals surface area contributed by atoms with Gasteiger partial charge in [0, 0.05) is 16.8 Å². The van der Waals surface area contributed by atoms with Crippen molar-refractivity contribution < 1.29 is 9.76 Å².